The zero-order valence-corrected chi connectivity index (χ0v) is 11.6. The molecule has 0 aromatic rings. The fraction of sp³-hybridized carbons (Fsp3) is 0.923. The van der Waals surface area contributed by atoms with Gasteiger partial charge in [-0.15, -0.1) is 0 Å². The predicted molar refractivity (Wildman–Crippen MR) is 69.2 cm³/mol. The van der Waals surface area contributed by atoms with Crippen LogP contribution in [0.3, 0.4) is 0 Å². The highest BCUT2D eigenvalue weighted by atomic mass is 19.4. The van der Waals surface area contributed by atoms with Crippen molar-refractivity contribution in [3.8, 4) is 0 Å². The van der Waals surface area contributed by atoms with Crippen molar-refractivity contribution in [1.82, 2.24) is 10.2 Å². The van der Waals surface area contributed by atoms with Gasteiger partial charge in [-0.05, 0) is 12.8 Å². The van der Waals surface area contributed by atoms with E-state index in [2.05, 4.69) is 5.32 Å². The molecule has 1 rings (SSSR count). The van der Waals surface area contributed by atoms with E-state index in [-0.39, 0.29) is 38.1 Å². The number of halogens is 3. The minimum atomic E-state index is -4.31. The second kappa shape index (κ2) is 8.46. The second-order valence-electron chi connectivity index (χ2n) is 5.27. The van der Waals surface area contributed by atoms with E-state index >= 15 is 0 Å². The molecule has 118 valence electrons. The monoisotopic (exact) mass is 296 g/mol. The molecule has 0 aromatic heterocycles. The van der Waals surface area contributed by atoms with E-state index in [1.165, 1.54) is 6.42 Å². The first kappa shape index (κ1) is 17.2. The number of rotatable bonds is 7. The second-order valence-corrected chi connectivity index (χ2v) is 5.27. The number of carbonyl (C=O) groups is 1. The lowest BCUT2D eigenvalue weighted by Crippen LogP contribution is -2.41. The largest absolute Gasteiger partial charge is 0.401 e. The van der Waals surface area contributed by atoms with Crippen LogP contribution in [0.1, 0.15) is 38.5 Å². The minimum Gasteiger partial charge on any atom is -0.395 e. The quantitative estimate of drug-likeness (QED) is 0.751. The number of carbonyl (C=O) groups excluding carboxylic acids is 1. The van der Waals surface area contributed by atoms with E-state index in [9.17, 15) is 18.0 Å². The molecule has 7 heteroatoms. The summed E-state index contributed by atoms with van der Waals surface area (Å²) in [5, 5.41) is 11.6. The van der Waals surface area contributed by atoms with Crippen molar-refractivity contribution in [3.05, 3.63) is 0 Å². The topological polar surface area (TPSA) is 52.6 Å². The summed E-state index contributed by atoms with van der Waals surface area (Å²) in [7, 11) is 0. The fourth-order valence-corrected chi connectivity index (χ4v) is 2.47. The Bertz CT molecular complexity index is 292. The van der Waals surface area contributed by atoms with Gasteiger partial charge in [-0.25, -0.2) is 0 Å². The van der Waals surface area contributed by atoms with Crippen molar-refractivity contribution in [2.45, 2.75) is 50.7 Å². The van der Waals surface area contributed by atoms with Crippen molar-refractivity contribution in [1.29, 1.82) is 0 Å². The molecule has 1 aliphatic carbocycles. The molecule has 20 heavy (non-hydrogen) atoms. The van der Waals surface area contributed by atoms with E-state index in [4.69, 9.17) is 5.11 Å². The fourth-order valence-electron chi connectivity index (χ4n) is 2.47. The van der Waals surface area contributed by atoms with Gasteiger partial charge in [0.05, 0.1) is 13.2 Å². The van der Waals surface area contributed by atoms with Crippen molar-refractivity contribution < 1.29 is 23.1 Å². The summed E-state index contributed by atoms with van der Waals surface area (Å²) in [5.74, 6) is -0.206. The molecule has 0 radical (unpaired) electrons. The highest BCUT2D eigenvalue weighted by Crippen LogP contribution is 2.18. The number of nitrogens with one attached hydrogen (secondary N) is 1. The van der Waals surface area contributed by atoms with Crippen LogP contribution in [-0.2, 0) is 4.79 Å². The summed E-state index contributed by atoms with van der Waals surface area (Å²) in [6.07, 6.45) is 0.998. The predicted octanol–water partition coefficient (Wildman–Crippen LogP) is 1.68. The van der Waals surface area contributed by atoms with Crippen molar-refractivity contribution in [3.63, 3.8) is 0 Å². The average Bonchev–Trinajstić information content (AvgIpc) is 2.36. The molecular weight excluding hydrogens is 273 g/mol. The van der Waals surface area contributed by atoms with Crippen LogP contribution in [0.5, 0.6) is 0 Å². The van der Waals surface area contributed by atoms with Crippen LogP contribution in [0.4, 0.5) is 13.2 Å². The van der Waals surface area contributed by atoms with Gasteiger partial charge in [-0.1, -0.05) is 19.3 Å². The van der Waals surface area contributed by atoms with E-state index in [1.54, 1.807) is 0 Å². The third-order valence-electron chi connectivity index (χ3n) is 3.44. The molecule has 0 atom stereocenters. The summed E-state index contributed by atoms with van der Waals surface area (Å²) >= 11 is 0. The number of nitrogens with zero attached hydrogens (tertiary/aromatic N) is 1. The van der Waals surface area contributed by atoms with Crippen LogP contribution >= 0.6 is 0 Å². The van der Waals surface area contributed by atoms with Crippen LogP contribution in [0.15, 0.2) is 0 Å². The summed E-state index contributed by atoms with van der Waals surface area (Å²) in [6, 6.07) is 0.171. The highest BCUT2D eigenvalue weighted by molar-refractivity contribution is 5.76. The number of aliphatic hydroxyl groups is 1. The molecule has 2 N–H and O–H groups in total. The molecule has 1 amide bonds. The van der Waals surface area contributed by atoms with Crippen molar-refractivity contribution in [2.75, 3.05) is 26.2 Å². The van der Waals surface area contributed by atoms with Gasteiger partial charge in [0.25, 0.3) is 0 Å². The van der Waals surface area contributed by atoms with Crippen LogP contribution < -0.4 is 5.32 Å². The Kier molecular flexibility index (Phi) is 7.29. The van der Waals surface area contributed by atoms with Crippen LogP contribution in [0.25, 0.3) is 0 Å². The van der Waals surface area contributed by atoms with Crippen molar-refractivity contribution in [2.24, 2.45) is 0 Å². The molecule has 0 bridgehead atoms. The Morgan fingerprint density at radius 1 is 1.20 bits per heavy atom. The SMILES string of the molecule is O=C(CCN(CCO)CC(F)(F)F)NC1CCCCC1. The molecule has 0 spiro atoms. The standard InChI is InChI=1S/C13H23F3N2O2/c14-13(15,16)10-18(8-9-19)7-6-12(20)17-11-4-2-1-3-5-11/h11,19H,1-10H2,(H,17,20). The van der Waals surface area contributed by atoms with Gasteiger partial charge >= 0.3 is 6.18 Å². The van der Waals surface area contributed by atoms with Gasteiger partial charge in [0, 0.05) is 25.6 Å². The summed E-state index contributed by atoms with van der Waals surface area (Å²) < 4.78 is 36.9. The number of hydrogen-bond acceptors (Lipinski definition) is 3. The van der Waals surface area contributed by atoms with Crippen LogP contribution in [-0.4, -0.2) is 54.4 Å². The van der Waals surface area contributed by atoms with E-state index < -0.39 is 12.7 Å². The van der Waals surface area contributed by atoms with Crippen molar-refractivity contribution >= 4 is 5.91 Å². The number of aliphatic hydroxyl groups excluding tert-OH is 1. The normalized spacial score (nSPS) is 17.4. The lowest BCUT2D eigenvalue weighted by Gasteiger charge is -2.25. The maximum absolute atomic E-state index is 12.3. The first-order chi connectivity index (χ1) is 9.40. The third-order valence-corrected chi connectivity index (χ3v) is 3.44. The smallest absolute Gasteiger partial charge is 0.395 e. The van der Waals surface area contributed by atoms with Gasteiger partial charge in [-0.2, -0.15) is 13.2 Å². The first-order valence-electron chi connectivity index (χ1n) is 7.10. The molecule has 1 fully saturated rings. The highest BCUT2D eigenvalue weighted by Gasteiger charge is 2.30. The molecule has 0 aliphatic heterocycles. The zero-order valence-electron chi connectivity index (χ0n) is 11.6. The molecule has 1 aliphatic rings. The van der Waals surface area contributed by atoms with Gasteiger partial charge in [0.2, 0.25) is 5.91 Å². The number of hydrogen-bond donors (Lipinski definition) is 2. The molecule has 0 aromatic carbocycles. The van der Waals surface area contributed by atoms with Crippen LogP contribution in [0, 0.1) is 0 Å². The Labute approximate surface area is 117 Å². The summed E-state index contributed by atoms with van der Waals surface area (Å²) in [5.41, 5.74) is 0. The lowest BCUT2D eigenvalue weighted by atomic mass is 9.95. The van der Waals surface area contributed by atoms with E-state index in [1.807, 2.05) is 0 Å². The Hall–Kier alpha value is -0.820. The first-order valence-corrected chi connectivity index (χ1v) is 7.10. The lowest BCUT2D eigenvalue weighted by molar-refractivity contribution is -0.148. The maximum atomic E-state index is 12.3. The summed E-state index contributed by atoms with van der Waals surface area (Å²) in [6.45, 7) is -1.50. The third kappa shape index (κ3) is 7.69. The summed E-state index contributed by atoms with van der Waals surface area (Å²) in [4.78, 5) is 12.8. The molecule has 0 heterocycles. The Morgan fingerprint density at radius 3 is 2.40 bits per heavy atom. The number of amides is 1. The van der Waals surface area contributed by atoms with Gasteiger partial charge in [0.1, 0.15) is 0 Å². The maximum Gasteiger partial charge on any atom is 0.401 e. The molecule has 4 nitrogen and oxygen atoms in total. The molecule has 0 unspecified atom stereocenters. The van der Waals surface area contributed by atoms with E-state index in [0.29, 0.717) is 0 Å². The minimum absolute atomic E-state index is 0.0125. The zero-order chi connectivity index (χ0) is 15.0. The van der Waals surface area contributed by atoms with Gasteiger partial charge in [-0.3, -0.25) is 9.69 Å². The Balaban J connectivity index is 2.28. The van der Waals surface area contributed by atoms with Gasteiger partial charge < -0.3 is 10.4 Å². The molecule has 1 saturated carbocycles. The van der Waals surface area contributed by atoms with Crippen LogP contribution in [0.2, 0.25) is 0 Å². The Morgan fingerprint density at radius 2 is 1.85 bits per heavy atom. The molecular formula is C13H23F3N2O2. The number of alkyl halides is 3. The van der Waals surface area contributed by atoms with Gasteiger partial charge in [0.15, 0.2) is 0 Å². The average molecular weight is 296 g/mol. The molecule has 0 saturated heterocycles. The van der Waals surface area contributed by atoms with E-state index in [0.717, 1.165) is 30.6 Å².